The van der Waals surface area contributed by atoms with E-state index < -0.39 is 5.60 Å². The van der Waals surface area contributed by atoms with Gasteiger partial charge in [0, 0.05) is 11.5 Å². The second kappa shape index (κ2) is 7.83. The van der Waals surface area contributed by atoms with Gasteiger partial charge in [0.1, 0.15) is 0 Å². The van der Waals surface area contributed by atoms with Crippen molar-refractivity contribution in [3.8, 4) is 0 Å². The van der Waals surface area contributed by atoms with E-state index in [1.807, 2.05) is 18.2 Å². The van der Waals surface area contributed by atoms with E-state index in [0.29, 0.717) is 18.4 Å². The fourth-order valence-corrected chi connectivity index (χ4v) is 8.78. The van der Waals surface area contributed by atoms with E-state index in [1.165, 1.54) is 31.2 Å². The Hall–Kier alpha value is -1.87. The van der Waals surface area contributed by atoms with Crippen LogP contribution in [0.3, 0.4) is 0 Å². The van der Waals surface area contributed by atoms with Gasteiger partial charge in [-0.15, -0.1) is 0 Å². The fraction of sp³-hybridized carbons (Fsp3) is 0.633. The number of rotatable bonds is 4. The molecule has 0 radical (unpaired) electrons. The average molecular weight is 449 g/mol. The molecule has 1 aromatic carbocycles. The molecular weight excluding hydrogens is 408 g/mol. The molecule has 4 saturated carbocycles. The molecule has 3 heteroatoms. The molecule has 0 amide bonds. The van der Waals surface area contributed by atoms with Gasteiger partial charge >= 0.3 is 5.97 Å². The Labute approximate surface area is 199 Å². The molecule has 0 aromatic heterocycles. The Morgan fingerprint density at radius 1 is 1.12 bits per heavy atom. The van der Waals surface area contributed by atoms with Crippen LogP contribution >= 0.6 is 0 Å². The SMILES string of the molecule is C=C1C[C@@]23CC[C@@H]4[C@](C)(COC(=O)/C=C/c5ccc(C)cc5)CCC[C@@]4(C)[C@@H]2CC[C@]1(O)C3. The lowest BCUT2D eigenvalue weighted by molar-refractivity contribution is -0.179. The number of benzene rings is 1. The predicted molar refractivity (Wildman–Crippen MR) is 132 cm³/mol. The molecule has 4 aliphatic carbocycles. The van der Waals surface area contributed by atoms with Crippen molar-refractivity contribution in [1.29, 1.82) is 0 Å². The van der Waals surface area contributed by atoms with E-state index in [4.69, 9.17) is 4.74 Å². The molecule has 0 aliphatic heterocycles. The normalized spacial score (nSPS) is 42.1. The molecule has 4 aliphatic rings. The number of hydrogen-bond acceptors (Lipinski definition) is 3. The Kier molecular flexibility index (Phi) is 5.44. The van der Waals surface area contributed by atoms with E-state index >= 15 is 0 Å². The van der Waals surface area contributed by atoms with Gasteiger partial charge in [-0.3, -0.25) is 0 Å². The van der Waals surface area contributed by atoms with Gasteiger partial charge < -0.3 is 9.84 Å². The molecule has 6 atom stereocenters. The third-order valence-corrected chi connectivity index (χ3v) is 10.3. The molecule has 2 bridgehead atoms. The zero-order chi connectivity index (χ0) is 23.5. The summed E-state index contributed by atoms with van der Waals surface area (Å²) in [4.78, 5) is 12.6. The molecule has 1 aromatic rings. The number of ether oxygens (including phenoxy) is 1. The summed E-state index contributed by atoms with van der Waals surface area (Å²) in [5.74, 6) is 0.953. The lowest BCUT2D eigenvalue weighted by Gasteiger charge is -2.64. The van der Waals surface area contributed by atoms with Crippen LogP contribution < -0.4 is 0 Å². The summed E-state index contributed by atoms with van der Waals surface area (Å²) in [7, 11) is 0. The van der Waals surface area contributed by atoms with Gasteiger partial charge in [0.05, 0.1) is 12.2 Å². The molecule has 1 spiro atoms. The maximum absolute atomic E-state index is 12.6. The van der Waals surface area contributed by atoms with Crippen LogP contribution in [0.1, 0.15) is 82.8 Å². The number of fused-ring (bicyclic) bond motifs is 3. The van der Waals surface area contributed by atoms with Crippen LogP contribution in [0.15, 0.2) is 42.5 Å². The second-order valence-corrected chi connectivity index (χ2v) is 12.4. The minimum Gasteiger partial charge on any atom is -0.462 e. The first-order chi connectivity index (χ1) is 15.6. The number of aliphatic hydroxyl groups is 1. The van der Waals surface area contributed by atoms with Gasteiger partial charge in [-0.2, -0.15) is 0 Å². The summed E-state index contributed by atoms with van der Waals surface area (Å²) in [6.07, 6.45) is 13.2. The predicted octanol–water partition coefficient (Wildman–Crippen LogP) is 6.64. The van der Waals surface area contributed by atoms with Crippen LogP contribution in [-0.4, -0.2) is 23.3 Å². The van der Waals surface area contributed by atoms with Crippen LogP contribution in [0.4, 0.5) is 0 Å². The molecule has 0 heterocycles. The third kappa shape index (κ3) is 3.71. The minimum atomic E-state index is -0.614. The fourth-order valence-electron chi connectivity index (χ4n) is 8.78. The van der Waals surface area contributed by atoms with Gasteiger partial charge in [0.2, 0.25) is 0 Å². The van der Waals surface area contributed by atoms with Gasteiger partial charge in [-0.25, -0.2) is 4.79 Å². The summed E-state index contributed by atoms with van der Waals surface area (Å²) in [5, 5.41) is 11.1. The van der Waals surface area contributed by atoms with Crippen molar-refractivity contribution in [1.82, 2.24) is 0 Å². The Bertz CT molecular complexity index is 977. The second-order valence-electron chi connectivity index (χ2n) is 12.4. The van der Waals surface area contributed by atoms with Crippen LogP contribution in [0.2, 0.25) is 0 Å². The molecule has 178 valence electrons. The summed E-state index contributed by atoms with van der Waals surface area (Å²) >= 11 is 0. The van der Waals surface area contributed by atoms with Crippen LogP contribution in [-0.2, 0) is 9.53 Å². The van der Waals surface area contributed by atoms with E-state index in [9.17, 15) is 9.90 Å². The summed E-state index contributed by atoms with van der Waals surface area (Å²) in [5.41, 5.74) is 3.20. The summed E-state index contributed by atoms with van der Waals surface area (Å²) in [6, 6.07) is 8.15. The highest BCUT2D eigenvalue weighted by molar-refractivity contribution is 5.87. The first-order valence-corrected chi connectivity index (χ1v) is 12.9. The Balaban J connectivity index is 1.29. The van der Waals surface area contributed by atoms with Gasteiger partial charge in [0.25, 0.3) is 0 Å². The standard InChI is InChI=1S/C30H40O3/c1-21-6-8-23(9-7-21)10-11-26(31)33-20-27(3)14-5-15-28(4)24(27)12-16-29-18-22(2)30(32,19-29)17-13-25(28)29/h6-11,24-25,32H,2,5,12-20H2,1,3-4H3/b11-10+/t24-,25+,27+,28-,29-,30+/m1/s1. The topological polar surface area (TPSA) is 46.5 Å². The van der Waals surface area contributed by atoms with Gasteiger partial charge in [-0.05, 0) is 98.2 Å². The van der Waals surface area contributed by atoms with Crippen LogP contribution in [0.5, 0.6) is 0 Å². The van der Waals surface area contributed by atoms with Crippen LogP contribution in [0, 0.1) is 35.0 Å². The van der Waals surface area contributed by atoms with Crippen molar-refractivity contribution < 1.29 is 14.6 Å². The zero-order valence-electron chi connectivity index (χ0n) is 20.7. The summed E-state index contributed by atoms with van der Waals surface area (Å²) in [6.45, 7) is 11.7. The lowest BCUT2D eigenvalue weighted by Crippen LogP contribution is -2.58. The molecule has 4 fully saturated rings. The van der Waals surface area contributed by atoms with Gasteiger partial charge in [-0.1, -0.05) is 56.7 Å². The molecular formula is C30H40O3. The third-order valence-electron chi connectivity index (χ3n) is 10.3. The van der Waals surface area contributed by atoms with Gasteiger partial charge in [0.15, 0.2) is 0 Å². The molecule has 5 rings (SSSR count). The first kappa shape index (κ1) is 22.9. The minimum absolute atomic E-state index is 0.0192. The lowest BCUT2D eigenvalue weighted by atomic mass is 9.41. The molecule has 3 nitrogen and oxygen atoms in total. The summed E-state index contributed by atoms with van der Waals surface area (Å²) < 4.78 is 5.87. The Morgan fingerprint density at radius 3 is 2.61 bits per heavy atom. The van der Waals surface area contributed by atoms with Crippen LogP contribution in [0.25, 0.3) is 6.08 Å². The monoisotopic (exact) mass is 448 g/mol. The average Bonchev–Trinajstić information content (AvgIpc) is 2.95. The van der Waals surface area contributed by atoms with E-state index in [0.717, 1.165) is 43.2 Å². The first-order valence-electron chi connectivity index (χ1n) is 12.9. The highest BCUT2D eigenvalue weighted by Gasteiger charge is 2.66. The number of carbonyl (C=O) groups excluding carboxylic acids is 1. The van der Waals surface area contributed by atoms with Crippen molar-refractivity contribution in [3.05, 3.63) is 53.6 Å². The maximum Gasteiger partial charge on any atom is 0.330 e. The molecule has 0 unspecified atom stereocenters. The van der Waals surface area contributed by atoms with Crippen molar-refractivity contribution in [2.75, 3.05) is 6.61 Å². The van der Waals surface area contributed by atoms with E-state index in [-0.39, 0.29) is 22.2 Å². The zero-order valence-corrected chi connectivity index (χ0v) is 20.7. The van der Waals surface area contributed by atoms with Crippen molar-refractivity contribution in [2.45, 2.75) is 84.2 Å². The quantitative estimate of drug-likeness (QED) is 0.319. The largest absolute Gasteiger partial charge is 0.462 e. The van der Waals surface area contributed by atoms with E-state index in [2.05, 4.69) is 39.5 Å². The smallest absolute Gasteiger partial charge is 0.330 e. The van der Waals surface area contributed by atoms with Crippen molar-refractivity contribution >= 4 is 12.0 Å². The maximum atomic E-state index is 12.6. The highest BCUT2D eigenvalue weighted by atomic mass is 16.5. The molecule has 1 N–H and O–H groups in total. The number of carbonyl (C=O) groups is 1. The molecule has 0 saturated heterocycles. The highest BCUT2D eigenvalue weighted by Crippen LogP contribution is 2.72. The van der Waals surface area contributed by atoms with Crippen molar-refractivity contribution in [3.63, 3.8) is 0 Å². The number of aryl methyl sites for hydroxylation is 1. The molecule has 33 heavy (non-hydrogen) atoms. The van der Waals surface area contributed by atoms with Crippen molar-refractivity contribution in [2.24, 2.45) is 28.1 Å². The number of esters is 1. The Morgan fingerprint density at radius 2 is 1.85 bits per heavy atom. The number of hydrogen-bond donors (Lipinski definition) is 1. The van der Waals surface area contributed by atoms with E-state index in [1.54, 1.807) is 6.08 Å².